The number of hydrogen-bond donors (Lipinski definition) is 1. The first kappa shape index (κ1) is 13.2. The normalized spacial score (nSPS) is 12.6. The molecule has 1 N–H and O–H groups in total. The van der Waals surface area contributed by atoms with Gasteiger partial charge >= 0.3 is 0 Å². The highest BCUT2D eigenvalue weighted by molar-refractivity contribution is 9.10. The Balaban J connectivity index is 2.52. The van der Waals surface area contributed by atoms with Crippen LogP contribution in [0, 0.1) is 11.7 Å². The summed E-state index contributed by atoms with van der Waals surface area (Å²) in [6, 6.07) is 6.42. The van der Waals surface area contributed by atoms with Crippen molar-refractivity contribution in [3.8, 4) is 0 Å². The first-order valence-electron chi connectivity index (χ1n) is 5.17. The van der Waals surface area contributed by atoms with Gasteiger partial charge < -0.3 is 5.32 Å². The van der Waals surface area contributed by atoms with Gasteiger partial charge in [-0.3, -0.25) is 4.79 Å². The summed E-state index contributed by atoms with van der Waals surface area (Å²) in [5, 5.41) is 2.70. The highest BCUT2D eigenvalue weighted by atomic mass is 79.9. The molecule has 4 heteroatoms. The largest absolute Gasteiger partial charge is 0.351 e. The van der Waals surface area contributed by atoms with E-state index >= 15 is 0 Å². The summed E-state index contributed by atoms with van der Waals surface area (Å²) in [5.41, 5.74) is 0.499. The second-order valence-corrected chi connectivity index (χ2v) is 4.94. The smallest absolute Gasteiger partial charge is 0.234 e. The number of rotatable bonds is 4. The van der Waals surface area contributed by atoms with Crippen LogP contribution in [0.1, 0.15) is 19.4 Å². The fourth-order valence-corrected chi connectivity index (χ4v) is 1.39. The van der Waals surface area contributed by atoms with Gasteiger partial charge in [-0.2, -0.15) is 0 Å². The Bertz CT molecular complexity index is 368. The molecule has 1 rings (SSSR count). The van der Waals surface area contributed by atoms with E-state index in [2.05, 4.69) is 21.2 Å². The van der Waals surface area contributed by atoms with Gasteiger partial charge in [-0.15, -0.1) is 0 Å². The van der Waals surface area contributed by atoms with Gasteiger partial charge in [0.05, 0.1) is 4.83 Å². The Morgan fingerprint density at radius 3 is 2.62 bits per heavy atom. The van der Waals surface area contributed by atoms with E-state index < -0.39 is 0 Å². The molecule has 0 aliphatic heterocycles. The van der Waals surface area contributed by atoms with Crippen molar-refractivity contribution < 1.29 is 9.18 Å². The van der Waals surface area contributed by atoms with Crippen LogP contribution in [0.2, 0.25) is 0 Å². The van der Waals surface area contributed by atoms with Gasteiger partial charge in [-0.1, -0.05) is 48.0 Å². The van der Waals surface area contributed by atoms with Crippen LogP contribution in [0.5, 0.6) is 0 Å². The van der Waals surface area contributed by atoms with Gasteiger partial charge in [-0.25, -0.2) is 4.39 Å². The maximum absolute atomic E-state index is 13.2. The van der Waals surface area contributed by atoms with E-state index in [0.717, 1.165) is 0 Å². The lowest BCUT2D eigenvalue weighted by molar-refractivity contribution is -0.121. The van der Waals surface area contributed by atoms with E-state index in [-0.39, 0.29) is 29.0 Å². The van der Waals surface area contributed by atoms with Crippen molar-refractivity contribution in [3.63, 3.8) is 0 Å². The number of nitrogens with one attached hydrogen (secondary N) is 1. The van der Waals surface area contributed by atoms with E-state index in [1.165, 1.54) is 6.07 Å². The lowest BCUT2D eigenvalue weighted by Crippen LogP contribution is -2.33. The molecule has 0 aliphatic rings. The van der Waals surface area contributed by atoms with E-state index in [1.54, 1.807) is 18.2 Å². The van der Waals surface area contributed by atoms with Crippen LogP contribution < -0.4 is 5.32 Å². The van der Waals surface area contributed by atoms with Gasteiger partial charge in [0.15, 0.2) is 0 Å². The van der Waals surface area contributed by atoms with Crippen LogP contribution in [-0.4, -0.2) is 10.7 Å². The molecule has 0 unspecified atom stereocenters. The Morgan fingerprint density at radius 1 is 1.44 bits per heavy atom. The molecule has 0 aliphatic carbocycles. The Morgan fingerprint density at radius 2 is 2.06 bits per heavy atom. The van der Waals surface area contributed by atoms with Crippen molar-refractivity contribution in [1.82, 2.24) is 5.32 Å². The first-order chi connectivity index (χ1) is 7.52. The minimum absolute atomic E-state index is 0.113. The lowest BCUT2D eigenvalue weighted by atomic mass is 10.1. The van der Waals surface area contributed by atoms with Crippen LogP contribution in [-0.2, 0) is 11.3 Å². The summed E-state index contributed by atoms with van der Waals surface area (Å²) in [4.78, 5) is 11.4. The summed E-state index contributed by atoms with van der Waals surface area (Å²) >= 11 is 3.29. The lowest BCUT2D eigenvalue weighted by Gasteiger charge is -2.13. The van der Waals surface area contributed by atoms with Gasteiger partial charge in [0.2, 0.25) is 5.91 Å². The molecule has 0 saturated carbocycles. The maximum Gasteiger partial charge on any atom is 0.234 e. The zero-order valence-corrected chi connectivity index (χ0v) is 10.9. The van der Waals surface area contributed by atoms with E-state index in [0.29, 0.717) is 5.56 Å². The van der Waals surface area contributed by atoms with Crippen molar-refractivity contribution >= 4 is 21.8 Å². The van der Waals surface area contributed by atoms with E-state index in [9.17, 15) is 9.18 Å². The molecule has 1 atom stereocenters. The van der Waals surface area contributed by atoms with Gasteiger partial charge in [0, 0.05) is 12.1 Å². The van der Waals surface area contributed by atoms with Crippen molar-refractivity contribution in [2.45, 2.75) is 25.2 Å². The third kappa shape index (κ3) is 3.59. The molecule has 1 aromatic carbocycles. The maximum atomic E-state index is 13.2. The summed E-state index contributed by atoms with van der Waals surface area (Å²) in [6.45, 7) is 4.12. The third-order valence-electron chi connectivity index (χ3n) is 2.25. The second-order valence-electron chi connectivity index (χ2n) is 3.95. The molecule has 1 aromatic rings. The van der Waals surface area contributed by atoms with Gasteiger partial charge in [0.1, 0.15) is 5.82 Å². The van der Waals surface area contributed by atoms with E-state index in [1.807, 2.05) is 13.8 Å². The predicted molar refractivity (Wildman–Crippen MR) is 65.8 cm³/mol. The second kappa shape index (κ2) is 5.99. The zero-order valence-electron chi connectivity index (χ0n) is 9.34. The van der Waals surface area contributed by atoms with Crippen molar-refractivity contribution in [3.05, 3.63) is 35.6 Å². The zero-order chi connectivity index (χ0) is 12.1. The molecular formula is C12H15BrFNO. The van der Waals surface area contributed by atoms with Gasteiger partial charge in [-0.05, 0) is 12.0 Å². The average Bonchev–Trinajstić information content (AvgIpc) is 2.26. The number of carbonyl (C=O) groups excluding carboxylic acids is 1. The minimum atomic E-state index is -0.293. The SMILES string of the molecule is CC(C)[C@H](Br)C(=O)NCc1ccccc1F. The van der Waals surface area contributed by atoms with Crippen molar-refractivity contribution in [2.75, 3.05) is 0 Å². The molecule has 16 heavy (non-hydrogen) atoms. The molecule has 0 bridgehead atoms. The molecule has 1 amide bonds. The summed E-state index contributed by atoms with van der Waals surface area (Å²) < 4.78 is 13.2. The van der Waals surface area contributed by atoms with Crippen LogP contribution >= 0.6 is 15.9 Å². The first-order valence-corrected chi connectivity index (χ1v) is 6.09. The highest BCUT2D eigenvalue weighted by Crippen LogP contribution is 2.12. The highest BCUT2D eigenvalue weighted by Gasteiger charge is 2.18. The third-order valence-corrected chi connectivity index (χ3v) is 3.72. The van der Waals surface area contributed by atoms with Crippen LogP contribution in [0.25, 0.3) is 0 Å². The standard InChI is InChI=1S/C12H15BrFNO/c1-8(2)11(13)12(16)15-7-9-5-3-4-6-10(9)14/h3-6,8,11H,7H2,1-2H3,(H,15,16)/t11-/m0/s1. The Hall–Kier alpha value is -0.900. The Labute approximate surface area is 103 Å². The monoisotopic (exact) mass is 287 g/mol. The predicted octanol–water partition coefficient (Wildman–Crippen LogP) is 2.86. The van der Waals surface area contributed by atoms with Crippen molar-refractivity contribution in [1.29, 1.82) is 0 Å². The number of benzene rings is 1. The number of halogens is 2. The minimum Gasteiger partial charge on any atom is -0.351 e. The molecular weight excluding hydrogens is 273 g/mol. The molecule has 0 aromatic heterocycles. The molecule has 88 valence electrons. The van der Waals surface area contributed by atoms with E-state index in [4.69, 9.17) is 0 Å². The number of alkyl halides is 1. The summed E-state index contributed by atoms with van der Waals surface area (Å²) in [6.07, 6.45) is 0. The molecule has 0 spiro atoms. The molecule has 0 radical (unpaired) electrons. The summed E-state index contributed by atoms with van der Waals surface area (Å²) in [7, 11) is 0. The number of hydrogen-bond acceptors (Lipinski definition) is 1. The molecule has 0 heterocycles. The summed E-state index contributed by atoms with van der Waals surface area (Å²) in [5.74, 6) is -0.197. The topological polar surface area (TPSA) is 29.1 Å². The Kier molecular flexibility index (Phi) is 4.93. The van der Waals surface area contributed by atoms with Crippen molar-refractivity contribution in [2.24, 2.45) is 5.92 Å². The fourth-order valence-electron chi connectivity index (χ4n) is 1.22. The van der Waals surface area contributed by atoms with Crippen LogP contribution in [0.4, 0.5) is 4.39 Å². The average molecular weight is 288 g/mol. The van der Waals surface area contributed by atoms with Crippen LogP contribution in [0.15, 0.2) is 24.3 Å². The number of carbonyl (C=O) groups is 1. The number of amides is 1. The van der Waals surface area contributed by atoms with Crippen LogP contribution in [0.3, 0.4) is 0 Å². The molecule has 0 saturated heterocycles. The molecule has 2 nitrogen and oxygen atoms in total. The fraction of sp³-hybridized carbons (Fsp3) is 0.417. The quantitative estimate of drug-likeness (QED) is 0.848. The van der Waals surface area contributed by atoms with Gasteiger partial charge in [0.25, 0.3) is 0 Å². The molecule has 0 fully saturated rings.